The number of hydrogen-bond acceptors (Lipinski definition) is 3. The highest BCUT2D eigenvalue weighted by atomic mass is 32.1. The van der Waals surface area contributed by atoms with Crippen molar-refractivity contribution in [1.82, 2.24) is 15.5 Å². The van der Waals surface area contributed by atoms with Gasteiger partial charge in [-0.3, -0.25) is 0 Å². The van der Waals surface area contributed by atoms with Gasteiger partial charge in [-0.1, -0.05) is 24.6 Å². The van der Waals surface area contributed by atoms with E-state index in [4.69, 9.17) is 12.2 Å². The van der Waals surface area contributed by atoms with Crippen LogP contribution in [0.5, 0.6) is 0 Å². The summed E-state index contributed by atoms with van der Waals surface area (Å²) in [7, 11) is 1.99. The molecule has 1 aromatic carbocycles. The molecule has 0 unspecified atom stereocenters. The molecule has 0 aliphatic rings. The second-order valence-electron chi connectivity index (χ2n) is 5.19. The van der Waals surface area contributed by atoms with Crippen LogP contribution in [0.25, 0.3) is 0 Å². The van der Waals surface area contributed by atoms with Gasteiger partial charge in [0.05, 0.1) is 0 Å². The Morgan fingerprint density at radius 2 is 1.76 bits per heavy atom. The van der Waals surface area contributed by atoms with Crippen LogP contribution in [-0.4, -0.2) is 49.8 Å². The Hall–Kier alpha value is -1.17. The van der Waals surface area contributed by atoms with Crippen LogP contribution in [-0.2, 0) is 0 Å². The average molecular weight is 308 g/mol. The van der Waals surface area contributed by atoms with Crippen molar-refractivity contribution in [2.45, 2.75) is 20.3 Å². The largest absolute Gasteiger partial charge is 0.361 e. The Balaban J connectivity index is 2.26. The van der Waals surface area contributed by atoms with Gasteiger partial charge in [-0.05, 0) is 51.3 Å². The lowest BCUT2D eigenvalue weighted by molar-refractivity contribution is 0.280. The zero-order valence-corrected chi connectivity index (χ0v) is 14.2. The molecule has 0 spiro atoms. The van der Waals surface area contributed by atoms with E-state index in [1.54, 1.807) is 0 Å². The lowest BCUT2D eigenvalue weighted by Gasteiger charge is -2.22. The maximum atomic E-state index is 5.32. The monoisotopic (exact) mass is 308 g/mol. The number of anilines is 1. The number of aryl methyl sites for hydroxylation is 1. The van der Waals surface area contributed by atoms with Crippen molar-refractivity contribution >= 4 is 23.0 Å². The molecule has 1 rings (SSSR count). The first-order chi connectivity index (χ1) is 10.2. The molecule has 0 radical (unpaired) electrons. The van der Waals surface area contributed by atoms with Gasteiger partial charge in [0.15, 0.2) is 5.11 Å². The first-order valence-corrected chi connectivity index (χ1v) is 8.05. The Bertz CT molecular complexity index is 405. The SMILES string of the molecule is CCCN(CCNC)CCNC(=S)Nc1ccc(C)cc1. The maximum absolute atomic E-state index is 5.32. The molecule has 0 bridgehead atoms. The summed E-state index contributed by atoms with van der Waals surface area (Å²) >= 11 is 5.32. The smallest absolute Gasteiger partial charge is 0.170 e. The van der Waals surface area contributed by atoms with Gasteiger partial charge in [-0.25, -0.2) is 0 Å². The molecule has 0 aromatic heterocycles. The topological polar surface area (TPSA) is 39.3 Å². The summed E-state index contributed by atoms with van der Waals surface area (Å²) < 4.78 is 0. The molecule has 3 N–H and O–H groups in total. The van der Waals surface area contributed by atoms with Crippen molar-refractivity contribution in [3.63, 3.8) is 0 Å². The number of nitrogens with zero attached hydrogens (tertiary/aromatic N) is 1. The van der Waals surface area contributed by atoms with Crippen molar-refractivity contribution in [3.8, 4) is 0 Å². The quantitative estimate of drug-likeness (QED) is 0.610. The third-order valence-corrected chi connectivity index (χ3v) is 3.49. The van der Waals surface area contributed by atoms with E-state index in [2.05, 4.69) is 46.8 Å². The highest BCUT2D eigenvalue weighted by Gasteiger charge is 2.03. The van der Waals surface area contributed by atoms with Crippen molar-refractivity contribution < 1.29 is 0 Å². The Kier molecular flexibility index (Phi) is 8.98. The molecule has 0 fully saturated rings. The van der Waals surface area contributed by atoms with E-state index in [0.29, 0.717) is 5.11 Å². The lowest BCUT2D eigenvalue weighted by atomic mass is 10.2. The molecule has 5 heteroatoms. The van der Waals surface area contributed by atoms with E-state index in [-0.39, 0.29) is 0 Å². The fraction of sp³-hybridized carbons (Fsp3) is 0.562. The minimum atomic E-state index is 0.684. The van der Waals surface area contributed by atoms with E-state index in [0.717, 1.165) is 38.4 Å². The molecule has 0 amide bonds. The van der Waals surface area contributed by atoms with Crippen LogP contribution in [0.2, 0.25) is 0 Å². The third kappa shape index (κ3) is 7.99. The van der Waals surface area contributed by atoms with Crippen LogP contribution in [0.15, 0.2) is 24.3 Å². The summed E-state index contributed by atoms with van der Waals surface area (Å²) in [5, 5.41) is 10.4. The van der Waals surface area contributed by atoms with Gasteiger partial charge in [0.2, 0.25) is 0 Å². The highest BCUT2D eigenvalue weighted by molar-refractivity contribution is 7.80. The van der Waals surface area contributed by atoms with Gasteiger partial charge in [0.25, 0.3) is 0 Å². The second-order valence-corrected chi connectivity index (χ2v) is 5.60. The molecule has 118 valence electrons. The number of rotatable bonds is 9. The number of hydrogen-bond donors (Lipinski definition) is 3. The van der Waals surface area contributed by atoms with Crippen molar-refractivity contribution in [2.75, 3.05) is 45.1 Å². The van der Waals surface area contributed by atoms with E-state index in [9.17, 15) is 0 Å². The lowest BCUT2D eigenvalue weighted by Crippen LogP contribution is -2.39. The van der Waals surface area contributed by atoms with Gasteiger partial charge in [0, 0.05) is 31.9 Å². The molecular formula is C16H28N4S. The van der Waals surface area contributed by atoms with Crippen LogP contribution >= 0.6 is 12.2 Å². The first-order valence-electron chi connectivity index (χ1n) is 7.64. The minimum Gasteiger partial charge on any atom is -0.361 e. The summed E-state index contributed by atoms with van der Waals surface area (Å²) in [5.74, 6) is 0. The summed E-state index contributed by atoms with van der Waals surface area (Å²) in [6.07, 6.45) is 1.18. The van der Waals surface area contributed by atoms with Crippen molar-refractivity contribution in [2.24, 2.45) is 0 Å². The standard InChI is InChI=1S/C16H28N4S/c1-4-11-20(12-9-17-3)13-10-18-16(21)19-15-7-5-14(2)6-8-15/h5-8,17H,4,9-13H2,1-3H3,(H2,18,19,21). The minimum absolute atomic E-state index is 0.684. The Morgan fingerprint density at radius 3 is 2.38 bits per heavy atom. The Morgan fingerprint density at radius 1 is 1.10 bits per heavy atom. The number of nitrogens with one attached hydrogen (secondary N) is 3. The molecule has 0 aliphatic carbocycles. The van der Waals surface area contributed by atoms with Crippen molar-refractivity contribution in [1.29, 1.82) is 0 Å². The number of benzene rings is 1. The van der Waals surface area contributed by atoms with E-state index in [1.165, 1.54) is 12.0 Å². The van der Waals surface area contributed by atoms with Gasteiger partial charge in [-0.2, -0.15) is 0 Å². The van der Waals surface area contributed by atoms with E-state index >= 15 is 0 Å². The summed E-state index contributed by atoms with van der Waals surface area (Å²) in [6, 6.07) is 8.23. The summed E-state index contributed by atoms with van der Waals surface area (Å²) in [4.78, 5) is 2.44. The molecule has 21 heavy (non-hydrogen) atoms. The van der Waals surface area contributed by atoms with Crippen LogP contribution in [0.1, 0.15) is 18.9 Å². The van der Waals surface area contributed by atoms with Gasteiger partial charge >= 0.3 is 0 Å². The Labute approximate surface area is 134 Å². The van der Waals surface area contributed by atoms with Crippen LogP contribution in [0.4, 0.5) is 5.69 Å². The molecule has 0 atom stereocenters. The third-order valence-electron chi connectivity index (χ3n) is 3.24. The number of thiocarbonyl (C=S) groups is 1. The molecular weight excluding hydrogens is 280 g/mol. The predicted octanol–water partition coefficient (Wildman–Crippen LogP) is 2.21. The fourth-order valence-electron chi connectivity index (χ4n) is 2.06. The molecule has 0 saturated carbocycles. The molecule has 0 saturated heterocycles. The van der Waals surface area contributed by atoms with Crippen LogP contribution in [0, 0.1) is 6.92 Å². The molecule has 0 aliphatic heterocycles. The van der Waals surface area contributed by atoms with Crippen molar-refractivity contribution in [3.05, 3.63) is 29.8 Å². The zero-order chi connectivity index (χ0) is 15.5. The number of likely N-dealkylation sites (N-methyl/N-ethyl adjacent to an activating group) is 1. The van der Waals surface area contributed by atoms with Crippen LogP contribution < -0.4 is 16.0 Å². The maximum Gasteiger partial charge on any atom is 0.170 e. The fourth-order valence-corrected chi connectivity index (χ4v) is 2.28. The van der Waals surface area contributed by atoms with E-state index < -0.39 is 0 Å². The molecule has 1 aromatic rings. The van der Waals surface area contributed by atoms with E-state index in [1.807, 2.05) is 19.2 Å². The predicted molar refractivity (Wildman–Crippen MR) is 96.1 cm³/mol. The van der Waals surface area contributed by atoms with Gasteiger partial charge in [0.1, 0.15) is 0 Å². The normalized spacial score (nSPS) is 10.7. The molecule has 0 heterocycles. The first kappa shape index (κ1) is 17.9. The van der Waals surface area contributed by atoms with Gasteiger partial charge < -0.3 is 20.9 Å². The van der Waals surface area contributed by atoms with Crippen LogP contribution in [0.3, 0.4) is 0 Å². The summed E-state index contributed by atoms with van der Waals surface area (Å²) in [6.45, 7) is 9.38. The molecule has 4 nitrogen and oxygen atoms in total. The summed E-state index contributed by atoms with van der Waals surface area (Å²) in [5.41, 5.74) is 2.28. The second kappa shape index (κ2) is 10.5. The zero-order valence-electron chi connectivity index (χ0n) is 13.4. The van der Waals surface area contributed by atoms with Gasteiger partial charge in [-0.15, -0.1) is 0 Å². The average Bonchev–Trinajstić information content (AvgIpc) is 2.47. The highest BCUT2D eigenvalue weighted by Crippen LogP contribution is 2.08.